The van der Waals surface area contributed by atoms with Gasteiger partial charge in [0.05, 0.1) is 18.1 Å². The Kier molecular flexibility index (Phi) is 6.82. The van der Waals surface area contributed by atoms with Crippen molar-refractivity contribution in [1.82, 2.24) is 0 Å². The summed E-state index contributed by atoms with van der Waals surface area (Å²) in [6, 6.07) is 0. The number of rotatable bonds is 3. The Hall–Kier alpha value is -0.710. The van der Waals surface area contributed by atoms with Gasteiger partial charge in [0.2, 0.25) is 0 Å². The predicted molar refractivity (Wildman–Crippen MR) is 108 cm³/mol. The van der Waals surface area contributed by atoms with Gasteiger partial charge in [-0.2, -0.15) is 0 Å². The maximum absolute atomic E-state index is 14.7. The van der Waals surface area contributed by atoms with E-state index in [1.54, 1.807) is 0 Å². The van der Waals surface area contributed by atoms with Gasteiger partial charge in [-0.15, -0.1) is 0 Å². The van der Waals surface area contributed by atoms with Gasteiger partial charge < -0.3 is 9.47 Å². The first-order valence-electron chi connectivity index (χ1n) is 12.1. The zero-order chi connectivity index (χ0) is 20.5. The Labute approximate surface area is 174 Å². The van der Waals surface area contributed by atoms with Crippen molar-refractivity contribution in [2.24, 2.45) is 29.6 Å². The van der Waals surface area contributed by atoms with E-state index in [0.717, 1.165) is 56.3 Å². The van der Waals surface area contributed by atoms with Crippen LogP contribution in [0.2, 0.25) is 0 Å². The molecule has 166 valence electrons. The highest BCUT2D eigenvalue weighted by atomic mass is 19.2. The second-order valence-electron chi connectivity index (χ2n) is 10.5. The minimum Gasteiger partial charge on any atom is -0.459 e. The molecule has 4 aliphatic rings. The quantitative estimate of drug-likeness (QED) is 0.550. The van der Waals surface area contributed by atoms with E-state index in [1.165, 1.54) is 25.7 Å². The summed E-state index contributed by atoms with van der Waals surface area (Å²) in [4.78, 5) is 12.7. The van der Waals surface area contributed by atoms with Gasteiger partial charge in [0.1, 0.15) is 6.10 Å². The lowest BCUT2D eigenvalue weighted by Gasteiger charge is -2.44. The first-order chi connectivity index (χ1) is 13.9. The molecular weight excluding hydrogens is 374 g/mol. The van der Waals surface area contributed by atoms with Crippen LogP contribution in [0, 0.1) is 29.6 Å². The molecule has 4 rings (SSSR count). The van der Waals surface area contributed by atoms with Crippen molar-refractivity contribution in [1.29, 1.82) is 0 Å². The SMILES string of the molecule is CC1CCC(C2CCC(C(=O)OC3CC4CCC(C)OC4C(F)C3F)CC2)CC1. The number of hydrogen-bond donors (Lipinski definition) is 0. The molecule has 0 bridgehead atoms. The lowest BCUT2D eigenvalue weighted by molar-refractivity contribution is -0.190. The molecule has 1 aliphatic heterocycles. The molecule has 0 N–H and O–H groups in total. The highest BCUT2D eigenvalue weighted by Crippen LogP contribution is 2.43. The van der Waals surface area contributed by atoms with Gasteiger partial charge in [-0.05, 0) is 88.4 Å². The van der Waals surface area contributed by atoms with Crippen LogP contribution in [0.25, 0.3) is 0 Å². The van der Waals surface area contributed by atoms with Crippen LogP contribution in [0.5, 0.6) is 0 Å². The lowest BCUT2D eigenvalue weighted by atomic mass is 9.69. The van der Waals surface area contributed by atoms with Crippen molar-refractivity contribution in [2.45, 2.75) is 115 Å². The second kappa shape index (κ2) is 9.20. The molecule has 0 aromatic rings. The number of esters is 1. The molecule has 0 radical (unpaired) electrons. The molecule has 6 unspecified atom stereocenters. The van der Waals surface area contributed by atoms with E-state index in [-0.39, 0.29) is 23.9 Å². The van der Waals surface area contributed by atoms with Crippen molar-refractivity contribution in [2.75, 3.05) is 0 Å². The largest absolute Gasteiger partial charge is 0.459 e. The number of alkyl halides is 2. The van der Waals surface area contributed by atoms with Crippen molar-refractivity contribution in [3.05, 3.63) is 0 Å². The van der Waals surface area contributed by atoms with E-state index in [2.05, 4.69) is 6.92 Å². The third-order valence-corrected chi connectivity index (χ3v) is 8.41. The van der Waals surface area contributed by atoms with Crippen molar-refractivity contribution in [3.8, 4) is 0 Å². The number of carbonyl (C=O) groups excluding carboxylic acids is 1. The normalized spacial score (nSPS) is 48.6. The summed E-state index contributed by atoms with van der Waals surface area (Å²) in [5.74, 6) is 1.92. The van der Waals surface area contributed by atoms with Gasteiger partial charge in [-0.25, -0.2) is 8.78 Å². The number of halogens is 2. The Morgan fingerprint density at radius 1 is 0.793 bits per heavy atom. The van der Waals surface area contributed by atoms with Gasteiger partial charge in [0.15, 0.2) is 12.3 Å². The van der Waals surface area contributed by atoms with E-state index in [9.17, 15) is 13.6 Å². The average Bonchev–Trinajstić information content (AvgIpc) is 2.73. The van der Waals surface area contributed by atoms with Crippen LogP contribution in [0.1, 0.15) is 84.5 Å². The van der Waals surface area contributed by atoms with Crippen LogP contribution in [0.4, 0.5) is 8.78 Å². The van der Waals surface area contributed by atoms with Crippen LogP contribution < -0.4 is 0 Å². The van der Waals surface area contributed by atoms with Gasteiger partial charge in [-0.1, -0.05) is 19.8 Å². The zero-order valence-corrected chi connectivity index (χ0v) is 18.0. The van der Waals surface area contributed by atoms with Gasteiger partial charge in [-0.3, -0.25) is 4.79 Å². The standard InChI is InChI=1S/C24H38F2O3/c1-14-3-6-16(7-4-14)17-9-11-18(12-10-17)24(27)29-20-13-19-8-5-15(2)28-23(19)22(26)21(20)25/h14-23H,3-13H2,1-2H3. The molecular formula is C24H38F2O3. The van der Waals surface area contributed by atoms with Crippen LogP contribution >= 0.6 is 0 Å². The summed E-state index contributed by atoms with van der Waals surface area (Å²) in [6.07, 6.45) is 6.09. The van der Waals surface area contributed by atoms with E-state index in [4.69, 9.17) is 9.47 Å². The van der Waals surface area contributed by atoms with Crippen LogP contribution in [-0.2, 0) is 14.3 Å². The molecule has 0 aromatic heterocycles. The molecule has 29 heavy (non-hydrogen) atoms. The molecule has 0 amide bonds. The third kappa shape index (κ3) is 4.80. The molecule has 1 heterocycles. The van der Waals surface area contributed by atoms with E-state index in [1.807, 2.05) is 6.92 Å². The van der Waals surface area contributed by atoms with Crippen molar-refractivity contribution >= 4 is 5.97 Å². The van der Waals surface area contributed by atoms with E-state index in [0.29, 0.717) is 6.42 Å². The zero-order valence-electron chi connectivity index (χ0n) is 18.0. The van der Waals surface area contributed by atoms with Crippen LogP contribution in [0.3, 0.4) is 0 Å². The Morgan fingerprint density at radius 2 is 1.38 bits per heavy atom. The summed E-state index contributed by atoms with van der Waals surface area (Å²) in [6.45, 7) is 4.25. The highest BCUT2D eigenvalue weighted by molar-refractivity contribution is 5.72. The summed E-state index contributed by atoms with van der Waals surface area (Å²) >= 11 is 0. The molecule has 0 aromatic carbocycles. The Morgan fingerprint density at radius 3 is 2.03 bits per heavy atom. The molecule has 1 saturated heterocycles. The smallest absolute Gasteiger partial charge is 0.309 e. The number of hydrogen-bond acceptors (Lipinski definition) is 3. The fourth-order valence-electron chi connectivity index (χ4n) is 6.40. The maximum atomic E-state index is 14.7. The van der Waals surface area contributed by atoms with Crippen LogP contribution in [-0.4, -0.2) is 36.6 Å². The summed E-state index contributed by atoms with van der Waals surface area (Å²) in [5, 5.41) is 0. The lowest BCUT2D eigenvalue weighted by Crippen LogP contribution is -2.54. The van der Waals surface area contributed by atoms with Crippen molar-refractivity contribution in [3.63, 3.8) is 0 Å². The third-order valence-electron chi connectivity index (χ3n) is 8.41. The van der Waals surface area contributed by atoms with Gasteiger partial charge in [0, 0.05) is 0 Å². The molecule has 6 atom stereocenters. The van der Waals surface area contributed by atoms with Crippen LogP contribution in [0.15, 0.2) is 0 Å². The van der Waals surface area contributed by atoms with Gasteiger partial charge >= 0.3 is 5.97 Å². The van der Waals surface area contributed by atoms with E-state index >= 15 is 0 Å². The monoisotopic (exact) mass is 412 g/mol. The fourth-order valence-corrected chi connectivity index (χ4v) is 6.40. The fraction of sp³-hybridized carbons (Fsp3) is 0.958. The first-order valence-corrected chi connectivity index (χ1v) is 12.1. The Balaban J connectivity index is 1.26. The number of ether oxygens (including phenoxy) is 2. The summed E-state index contributed by atoms with van der Waals surface area (Å²) in [5.41, 5.74) is 0. The predicted octanol–water partition coefficient (Wildman–Crippen LogP) is 5.79. The molecule has 5 heteroatoms. The molecule has 0 spiro atoms. The topological polar surface area (TPSA) is 35.5 Å². The average molecular weight is 413 g/mol. The molecule has 3 saturated carbocycles. The minimum absolute atomic E-state index is 0.0247. The van der Waals surface area contributed by atoms with Gasteiger partial charge in [0.25, 0.3) is 0 Å². The Bertz CT molecular complexity index is 552. The number of fused-ring (bicyclic) bond motifs is 1. The first kappa shape index (κ1) is 21.5. The molecule has 3 aliphatic carbocycles. The maximum Gasteiger partial charge on any atom is 0.309 e. The summed E-state index contributed by atoms with van der Waals surface area (Å²) < 4.78 is 40.5. The molecule has 4 fully saturated rings. The van der Waals surface area contributed by atoms with Crippen molar-refractivity contribution < 1.29 is 23.0 Å². The minimum atomic E-state index is -1.77. The molecule has 3 nitrogen and oxygen atoms in total. The second-order valence-corrected chi connectivity index (χ2v) is 10.5. The highest BCUT2D eigenvalue weighted by Gasteiger charge is 2.50. The summed E-state index contributed by atoms with van der Waals surface area (Å²) in [7, 11) is 0. The number of carbonyl (C=O) groups is 1. The van der Waals surface area contributed by atoms with E-state index < -0.39 is 24.6 Å².